The molecule has 170 valence electrons. The van der Waals surface area contributed by atoms with Gasteiger partial charge in [0.2, 0.25) is 11.8 Å². The number of amides is 2. The quantitative estimate of drug-likeness (QED) is 0.405. The molecule has 0 aliphatic carbocycles. The molecule has 2 aromatic heterocycles. The van der Waals surface area contributed by atoms with Gasteiger partial charge in [-0.25, -0.2) is 4.98 Å². The lowest BCUT2D eigenvalue weighted by molar-refractivity contribution is -0.130. The predicted octanol–water partition coefficient (Wildman–Crippen LogP) is 3.04. The maximum atomic E-state index is 12.8. The zero-order valence-electron chi connectivity index (χ0n) is 17.9. The van der Waals surface area contributed by atoms with Crippen molar-refractivity contribution in [1.82, 2.24) is 19.4 Å². The van der Waals surface area contributed by atoms with Gasteiger partial charge in [-0.1, -0.05) is 11.6 Å². The molecular formula is C24H24ClN5O3. The Morgan fingerprint density at radius 3 is 2.85 bits per heavy atom. The summed E-state index contributed by atoms with van der Waals surface area (Å²) in [5.41, 5.74) is 8.44. The van der Waals surface area contributed by atoms with E-state index in [0.29, 0.717) is 42.9 Å². The highest BCUT2D eigenvalue weighted by Gasteiger charge is 2.35. The number of aryl methyl sites for hydroxylation is 1. The third kappa shape index (κ3) is 4.19. The summed E-state index contributed by atoms with van der Waals surface area (Å²) in [5, 5.41) is 12.2. The van der Waals surface area contributed by atoms with Crippen molar-refractivity contribution in [3.8, 4) is 0 Å². The number of rotatable bonds is 6. The van der Waals surface area contributed by atoms with Crippen LogP contribution in [0, 0.1) is 0 Å². The second-order valence-corrected chi connectivity index (χ2v) is 8.93. The molecule has 4 N–H and O–H groups in total. The Labute approximate surface area is 194 Å². The van der Waals surface area contributed by atoms with Crippen molar-refractivity contribution in [1.29, 1.82) is 0 Å². The van der Waals surface area contributed by atoms with Gasteiger partial charge in [0.15, 0.2) is 0 Å². The SMILES string of the molecule is NC(=O)c1ccc2c(ccn2[C@@H]2CN(C(=O)CCCc3nc4ccc(Cl)cc4[nH]3)C[C@H]2O)c1. The average Bonchev–Trinajstić information content (AvgIpc) is 3.48. The number of β-amino-alcohol motifs (C(OH)–C–C–N with tert-alkyl or cyclic N) is 1. The first kappa shape index (κ1) is 21.5. The van der Waals surface area contributed by atoms with Crippen molar-refractivity contribution < 1.29 is 14.7 Å². The zero-order chi connectivity index (χ0) is 23.1. The number of aliphatic hydroxyl groups is 1. The normalized spacial score (nSPS) is 18.4. The van der Waals surface area contributed by atoms with Gasteiger partial charge in [-0.05, 0) is 48.9 Å². The van der Waals surface area contributed by atoms with Crippen LogP contribution in [0.15, 0.2) is 48.7 Å². The van der Waals surface area contributed by atoms with Crippen LogP contribution in [0.25, 0.3) is 21.9 Å². The molecule has 1 saturated heterocycles. The highest BCUT2D eigenvalue weighted by atomic mass is 35.5. The van der Waals surface area contributed by atoms with Crippen LogP contribution < -0.4 is 5.73 Å². The number of aromatic nitrogens is 3. The molecule has 5 rings (SSSR count). The maximum Gasteiger partial charge on any atom is 0.248 e. The molecule has 2 aromatic carbocycles. The molecule has 0 radical (unpaired) electrons. The summed E-state index contributed by atoms with van der Waals surface area (Å²) in [6, 6.07) is 12.4. The van der Waals surface area contributed by atoms with Gasteiger partial charge in [-0.15, -0.1) is 0 Å². The molecule has 9 heteroatoms. The number of nitrogens with zero attached hydrogens (tertiary/aromatic N) is 3. The Bertz CT molecular complexity index is 1360. The molecule has 0 saturated carbocycles. The zero-order valence-corrected chi connectivity index (χ0v) is 18.6. The van der Waals surface area contributed by atoms with Crippen LogP contribution in [0.1, 0.15) is 35.1 Å². The van der Waals surface area contributed by atoms with Crippen molar-refractivity contribution in [3.05, 3.63) is 65.1 Å². The minimum Gasteiger partial charge on any atom is -0.389 e. The van der Waals surface area contributed by atoms with Gasteiger partial charge in [-0.2, -0.15) is 0 Å². The number of primary amides is 1. The number of imidazole rings is 1. The molecule has 1 aliphatic rings. The predicted molar refractivity (Wildman–Crippen MR) is 126 cm³/mol. The van der Waals surface area contributed by atoms with Gasteiger partial charge in [0, 0.05) is 53.6 Å². The van der Waals surface area contributed by atoms with Crippen molar-refractivity contribution in [2.75, 3.05) is 13.1 Å². The van der Waals surface area contributed by atoms with E-state index in [1.165, 1.54) is 0 Å². The molecule has 0 bridgehead atoms. The summed E-state index contributed by atoms with van der Waals surface area (Å²) in [6.07, 6.45) is 2.91. The smallest absolute Gasteiger partial charge is 0.248 e. The standard InChI is InChI=1S/C24H24ClN5O3/c25-16-5-6-17-18(11-16)28-22(27-17)2-1-3-23(32)29-12-20(21(31)13-29)30-9-8-14-10-15(24(26)33)4-7-19(14)30/h4-11,20-21,31H,1-3,12-13H2,(H2,26,33)(H,27,28)/t20-,21-/m1/s1. The number of likely N-dealkylation sites (tertiary alicyclic amines) is 1. The minimum absolute atomic E-state index is 0.0168. The van der Waals surface area contributed by atoms with Crippen LogP contribution in [0.3, 0.4) is 0 Å². The molecule has 1 aliphatic heterocycles. The number of fused-ring (bicyclic) bond motifs is 2. The fourth-order valence-electron chi connectivity index (χ4n) is 4.57. The number of aromatic amines is 1. The largest absolute Gasteiger partial charge is 0.389 e. The van der Waals surface area contributed by atoms with E-state index in [9.17, 15) is 14.7 Å². The van der Waals surface area contributed by atoms with Gasteiger partial charge in [0.05, 0.1) is 23.2 Å². The van der Waals surface area contributed by atoms with Crippen LogP contribution in [0.4, 0.5) is 0 Å². The van der Waals surface area contributed by atoms with Gasteiger partial charge < -0.3 is 25.3 Å². The van der Waals surface area contributed by atoms with Gasteiger partial charge in [-0.3, -0.25) is 9.59 Å². The summed E-state index contributed by atoms with van der Waals surface area (Å²) in [7, 11) is 0. The molecule has 2 amide bonds. The van der Waals surface area contributed by atoms with Crippen LogP contribution >= 0.6 is 11.6 Å². The summed E-state index contributed by atoms with van der Waals surface area (Å²) < 4.78 is 1.97. The molecule has 4 aromatic rings. The van der Waals surface area contributed by atoms with E-state index in [-0.39, 0.29) is 11.9 Å². The first-order chi connectivity index (χ1) is 15.9. The fraction of sp³-hybridized carbons (Fsp3) is 0.292. The number of carbonyl (C=O) groups is 2. The third-order valence-electron chi connectivity index (χ3n) is 6.27. The summed E-state index contributed by atoms with van der Waals surface area (Å²) >= 11 is 6.02. The molecule has 0 spiro atoms. The number of H-pyrrole nitrogens is 1. The lowest BCUT2D eigenvalue weighted by Crippen LogP contribution is -2.29. The second-order valence-electron chi connectivity index (χ2n) is 8.49. The number of nitrogens with one attached hydrogen (secondary N) is 1. The van der Waals surface area contributed by atoms with E-state index in [2.05, 4.69) is 9.97 Å². The minimum atomic E-state index is -0.666. The Morgan fingerprint density at radius 1 is 1.18 bits per heavy atom. The Morgan fingerprint density at radius 2 is 2.03 bits per heavy atom. The Kier molecular flexibility index (Phi) is 5.55. The van der Waals surface area contributed by atoms with Crippen molar-refractivity contribution in [2.45, 2.75) is 31.4 Å². The van der Waals surface area contributed by atoms with Crippen LogP contribution in [0.5, 0.6) is 0 Å². The molecule has 0 unspecified atom stereocenters. The van der Waals surface area contributed by atoms with E-state index in [0.717, 1.165) is 27.8 Å². The van der Waals surface area contributed by atoms with Crippen LogP contribution in [-0.2, 0) is 11.2 Å². The fourth-order valence-corrected chi connectivity index (χ4v) is 4.74. The number of hydrogen-bond acceptors (Lipinski definition) is 4. The van der Waals surface area contributed by atoms with E-state index >= 15 is 0 Å². The molecule has 33 heavy (non-hydrogen) atoms. The van der Waals surface area contributed by atoms with Gasteiger partial charge in [0.1, 0.15) is 5.82 Å². The van der Waals surface area contributed by atoms with Crippen molar-refractivity contribution >= 4 is 45.4 Å². The van der Waals surface area contributed by atoms with Crippen LogP contribution in [-0.4, -0.2) is 55.5 Å². The lowest BCUT2D eigenvalue weighted by atomic mass is 10.1. The highest BCUT2D eigenvalue weighted by Crippen LogP contribution is 2.29. The van der Waals surface area contributed by atoms with E-state index in [1.807, 2.05) is 35.0 Å². The first-order valence-corrected chi connectivity index (χ1v) is 11.3. The second kappa shape index (κ2) is 8.53. The van der Waals surface area contributed by atoms with Gasteiger partial charge >= 0.3 is 0 Å². The molecular weight excluding hydrogens is 442 g/mol. The topological polar surface area (TPSA) is 117 Å². The number of hydrogen-bond donors (Lipinski definition) is 3. The molecule has 8 nitrogen and oxygen atoms in total. The third-order valence-corrected chi connectivity index (χ3v) is 6.51. The van der Waals surface area contributed by atoms with Crippen molar-refractivity contribution in [3.63, 3.8) is 0 Å². The maximum absolute atomic E-state index is 12.8. The highest BCUT2D eigenvalue weighted by molar-refractivity contribution is 6.31. The number of nitrogens with two attached hydrogens (primary N) is 1. The molecule has 3 heterocycles. The molecule has 2 atom stereocenters. The van der Waals surface area contributed by atoms with Gasteiger partial charge in [0.25, 0.3) is 0 Å². The summed E-state index contributed by atoms with van der Waals surface area (Å²) in [4.78, 5) is 33.7. The monoisotopic (exact) mass is 465 g/mol. The summed E-state index contributed by atoms with van der Waals surface area (Å²) in [6.45, 7) is 0.732. The summed E-state index contributed by atoms with van der Waals surface area (Å²) in [5.74, 6) is 0.366. The van der Waals surface area contributed by atoms with E-state index < -0.39 is 12.0 Å². The van der Waals surface area contributed by atoms with Crippen molar-refractivity contribution in [2.24, 2.45) is 5.73 Å². The van der Waals surface area contributed by atoms with Crippen LogP contribution in [0.2, 0.25) is 5.02 Å². The van der Waals surface area contributed by atoms with E-state index in [1.54, 1.807) is 23.1 Å². The molecule has 1 fully saturated rings. The Balaban J connectivity index is 1.21. The average molecular weight is 466 g/mol. The first-order valence-electron chi connectivity index (χ1n) is 10.9. The lowest BCUT2D eigenvalue weighted by Gasteiger charge is -2.18. The Hall–Kier alpha value is -3.36. The number of benzene rings is 2. The van der Waals surface area contributed by atoms with E-state index in [4.69, 9.17) is 17.3 Å². The number of carbonyl (C=O) groups excluding carboxylic acids is 2. The number of halogens is 1. The number of aliphatic hydroxyl groups excluding tert-OH is 1.